The van der Waals surface area contributed by atoms with E-state index in [0.717, 1.165) is 5.56 Å². The van der Waals surface area contributed by atoms with E-state index in [1.807, 2.05) is 18.2 Å². The molecule has 0 aliphatic rings. The van der Waals surface area contributed by atoms with Crippen molar-refractivity contribution >= 4 is 5.97 Å². The van der Waals surface area contributed by atoms with Crippen molar-refractivity contribution in [3.63, 3.8) is 0 Å². The molecule has 170 valence electrons. The van der Waals surface area contributed by atoms with Crippen molar-refractivity contribution in [2.75, 3.05) is 27.9 Å². The molecular weight excluding hydrogens is 400 g/mol. The average molecular weight is 433 g/mol. The van der Waals surface area contributed by atoms with Gasteiger partial charge in [-0.15, -0.1) is 0 Å². The van der Waals surface area contributed by atoms with E-state index >= 15 is 0 Å². The Labute approximate surface area is 183 Å². The first-order valence-corrected chi connectivity index (χ1v) is 10.1. The lowest BCUT2D eigenvalue weighted by molar-refractivity contribution is -0.157. The molecule has 0 saturated carbocycles. The fourth-order valence-electron chi connectivity index (χ4n) is 3.07. The maximum atomic E-state index is 11.8. The van der Waals surface area contributed by atoms with Crippen LogP contribution < -0.4 is 18.9 Å². The van der Waals surface area contributed by atoms with E-state index in [0.29, 0.717) is 41.4 Å². The summed E-state index contributed by atoms with van der Waals surface area (Å²) in [5, 5.41) is 10.7. The van der Waals surface area contributed by atoms with E-state index in [1.165, 1.54) is 0 Å². The van der Waals surface area contributed by atoms with Gasteiger partial charge in [0.25, 0.3) is 0 Å². The predicted molar refractivity (Wildman–Crippen MR) is 117 cm³/mol. The summed E-state index contributed by atoms with van der Waals surface area (Å²) in [7, 11) is 4.69. The van der Waals surface area contributed by atoms with Crippen molar-refractivity contribution in [2.24, 2.45) is 0 Å². The number of carbonyl (C=O) groups is 1. The minimum Gasteiger partial charge on any atom is -0.493 e. The third-order valence-corrected chi connectivity index (χ3v) is 4.45. The number of hydrogen-bond donors (Lipinski definition) is 1. The first-order chi connectivity index (χ1) is 14.7. The molecule has 31 heavy (non-hydrogen) atoms. The van der Waals surface area contributed by atoms with Crippen LogP contribution in [0, 0.1) is 0 Å². The van der Waals surface area contributed by atoms with E-state index < -0.39 is 17.7 Å². The summed E-state index contributed by atoms with van der Waals surface area (Å²) in [6.45, 7) is 5.21. The first kappa shape index (κ1) is 24.3. The topological polar surface area (TPSA) is 83.5 Å². The van der Waals surface area contributed by atoms with Gasteiger partial charge in [0.15, 0.2) is 18.1 Å². The van der Waals surface area contributed by atoms with Crippen LogP contribution in [0.15, 0.2) is 36.4 Å². The van der Waals surface area contributed by atoms with Crippen LogP contribution >= 0.6 is 0 Å². The summed E-state index contributed by atoms with van der Waals surface area (Å²) in [5.41, 5.74) is 1.09. The van der Waals surface area contributed by atoms with Crippen LogP contribution in [0.4, 0.5) is 0 Å². The van der Waals surface area contributed by atoms with Gasteiger partial charge in [0.1, 0.15) is 11.4 Å². The van der Waals surface area contributed by atoms with Crippen LogP contribution in [0.2, 0.25) is 0 Å². The Hall–Kier alpha value is -2.93. The second-order valence-corrected chi connectivity index (χ2v) is 8.04. The van der Waals surface area contributed by atoms with Gasteiger partial charge >= 0.3 is 5.97 Å². The second-order valence-electron chi connectivity index (χ2n) is 8.04. The highest BCUT2D eigenvalue weighted by molar-refractivity contribution is 5.71. The Morgan fingerprint density at radius 3 is 2.19 bits per heavy atom. The summed E-state index contributed by atoms with van der Waals surface area (Å²) in [5.74, 6) is 1.73. The molecule has 0 spiro atoms. The molecule has 7 nitrogen and oxygen atoms in total. The molecule has 0 heterocycles. The SMILES string of the molecule is COc1cc(CCC(O)c2cccc(OCC(=O)OC(C)(C)C)c2)cc(OC)c1OC. The second kappa shape index (κ2) is 10.9. The third-order valence-electron chi connectivity index (χ3n) is 4.45. The molecule has 0 aliphatic heterocycles. The van der Waals surface area contributed by atoms with Crippen molar-refractivity contribution < 1.29 is 33.6 Å². The number of methoxy groups -OCH3 is 3. The van der Waals surface area contributed by atoms with E-state index in [4.69, 9.17) is 23.7 Å². The van der Waals surface area contributed by atoms with Gasteiger partial charge < -0.3 is 28.8 Å². The van der Waals surface area contributed by atoms with Crippen molar-refractivity contribution in [3.8, 4) is 23.0 Å². The third kappa shape index (κ3) is 7.36. The number of aliphatic hydroxyl groups is 1. The van der Waals surface area contributed by atoms with Gasteiger partial charge in [0.05, 0.1) is 27.4 Å². The number of hydrogen-bond acceptors (Lipinski definition) is 7. The Morgan fingerprint density at radius 2 is 1.65 bits per heavy atom. The molecule has 0 saturated heterocycles. The first-order valence-electron chi connectivity index (χ1n) is 10.1. The smallest absolute Gasteiger partial charge is 0.344 e. The zero-order valence-electron chi connectivity index (χ0n) is 19.1. The Kier molecular flexibility index (Phi) is 8.56. The highest BCUT2D eigenvalue weighted by Crippen LogP contribution is 2.38. The normalized spacial score (nSPS) is 12.1. The van der Waals surface area contributed by atoms with Crippen LogP contribution in [0.5, 0.6) is 23.0 Å². The number of rotatable bonds is 10. The molecule has 7 heteroatoms. The number of benzene rings is 2. The minimum atomic E-state index is -0.704. The highest BCUT2D eigenvalue weighted by atomic mass is 16.6. The van der Waals surface area contributed by atoms with Gasteiger partial charge in [-0.3, -0.25) is 0 Å². The predicted octanol–water partition coefficient (Wildman–Crippen LogP) is 4.10. The largest absolute Gasteiger partial charge is 0.493 e. The quantitative estimate of drug-likeness (QED) is 0.566. The number of aliphatic hydroxyl groups excluding tert-OH is 1. The van der Waals surface area contributed by atoms with Crippen molar-refractivity contribution in [2.45, 2.75) is 45.3 Å². The van der Waals surface area contributed by atoms with Crippen LogP contribution in [0.1, 0.15) is 44.4 Å². The van der Waals surface area contributed by atoms with Crippen molar-refractivity contribution in [1.82, 2.24) is 0 Å². The number of carbonyl (C=O) groups excluding carboxylic acids is 1. The summed E-state index contributed by atoms with van der Waals surface area (Å²) in [6, 6.07) is 10.8. The number of ether oxygens (including phenoxy) is 5. The van der Waals surface area contributed by atoms with Crippen molar-refractivity contribution in [3.05, 3.63) is 47.5 Å². The molecule has 0 aromatic heterocycles. The molecule has 1 N–H and O–H groups in total. The van der Waals surface area contributed by atoms with Crippen LogP contribution in [0.3, 0.4) is 0 Å². The average Bonchev–Trinajstić information content (AvgIpc) is 2.74. The van der Waals surface area contributed by atoms with Crippen LogP contribution in [-0.4, -0.2) is 44.6 Å². The standard InChI is InChI=1S/C24H32O7/c1-24(2,3)31-22(26)15-30-18-9-7-8-17(14-18)19(25)11-10-16-12-20(27-4)23(29-6)21(13-16)28-5/h7-9,12-14,19,25H,10-11,15H2,1-6H3. The molecule has 1 atom stereocenters. The minimum absolute atomic E-state index is 0.192. The maximum absolute atomic E-state index is 11.8. The van der Waals surface area contributed by atoms with Gasteiger partial charge in [-0.1, -0.05) is 12.1 Å². The summed E-state index contributed by atoms with van der Waals surface area (Å²) >= 11 is 0. The Bertz CT molecular complexity index is 845. The van der Waals surface area contributed by atoms with E-state index in [9.17, 15) is 9.90 Å². The van der Waals surface area contributed by atoms with Crippen molar-refractivity contribution in [1.29, 1.82) is 0 Å². The van der Waals surface area contributed by atoms with Gasteiger partial charge in [-0.25, -0.2) is 4.79 Å². The molecule has 2 aromatic carbocycles. The lowest BCUT2D eigenvalue weighted by Crippen LogP contribution is -2.27. The summed E-state index contributed by atoms with van der Waals surface area (Å²) in [6.07, 6.45) is 0.374. The Balaban J connectivity index is 2.01. The lowest BCUT2D eigenvalue weighted by atomic mass is 10.0. The molecule has 0 bridgehead atoms. The van der Waals surface area contributed by atoms with Crippen LogP contribution in [0.25, 0.3) is 0 Å². The maximum Gasteiger partial charge on any atom is 0.344 e. The highest BCUT2D eigenvalue weighted by Gasteiger charge is 2.17. The molecule has 0 radical (unpaired) electrons. The molecule has 2 aromatic rings. The lowest BCUT2D eigenvalue weighted by Gasteiger charge is -2.19. The molecule has 0 amide bonds. The van der Waals surface area contributed by atoms with Gasteiger partial charge in [-0.2, -0.15) is 0 Å². The van der Waals surface area contributed by atoms with Gasteiger partial charge in [0, 0.05) is 0 Å². The monoisotopic (exact) mass is 432 g/mol. The fourth-order valence-corrected chi connectivity index (χ4v) is 3.07. The molecule has 2 rings (SSSR count). The summed E-state index contributed by atoms with van der Waals surface area (Å²) in [4.78, 5) is 11.8. The molecule has 1 unspecified atom stereocenters. The van der Waals surface area contributed by atoms with Gasteiger partial charge in [0.2, 0.25) is 5.75 Å². The van der Waals surface area contributed by atoms with E-state index in [2.05, 4.69) is 0 Å². The molecule has 0 fully saturated rings. The van der Waals surface area contributed by atoms with E-state index in [1.54, 1.807) is 60.3 Å². The molecule has 0 aliphatic carbocycles. The molecular formula is C24H32O7. The van der Waals surface area contributed by atoms with Crippen LogP contribution in [-0.2, 0) is 16.0 Å². The number of aryl methyl sites for hydroxylation is 1. The fraction of sp³-hybridized carbons (Fsp3) is 0.458. The number of esters is 1. The van der Waals surface area contributed by atoms with E-state index in [-0.39, 0.29) is 6.61 Å². The zero-order chi connectivity index (χ0) is 23.0. The van der Waals surface area contributed by atoms with Gasteiger partial charge in [-0.05, 0) is 69.0 Å². The summed E-state index contributed by atoms with van der Waals surface area (Å²) < 4.78 is 26.9. The Morgan fingerprint density at radius 1 is 1.00 bits per heavy atom. The zero-order valence-corrected chi connectivity index (χ0v) is 19.1.